The molecule has 1 aliphatic heterocycles. The first kappa shape index (κ1) is 14.0. The van der Waals surface area contributed by atoms with E-state index >= 15 is 0 Å². The van der Waals surface area contributed by atoms with Crippen molar-refractivity contribution in [1.29, 1.82) is 0 Å². The van der Waals surface area contributed by atoms with Gasteiger partial charge in [-0.05, 0) is 47.6 Å². The van der Waals surface area contributed by atoms with Crippen LogP contribution in [0.1, 0.15) is 42.0 Å². The molecule has 110 valence electrons. The van der Waals surface area contributed by atoms with Crippen LogP contribution in [0.15, 0.2) is 36.4 Å². The minimum Gasteiger partial charge on any atom is -0.398 e. The highest BCUT2D eigenvalue weighted by Gasteiger charge is 2.20. The van der Waals surface area contributed by atoms with Crippen molar-refractivity contribution in [3.63, 3.8) is 0 Å². The van der Waals surface area contributed by atoms with Gasteiger partial charge in [-0.2, -0.15) is 0 Å². The maximum atomic E-state index is 6.07. The van der Waals surface area contributed by atoms with Gasteiger partial charge in [-0.3, -0.25) is 0 Å². The molecule has 0 fully saturated rings. The van der Waals surface area contributed by atoms with Crippen LogP contribution in [0.2, 0.25) is 0 Å². The largest absolute Gasteiger partial charge is 0.398 e. The number of fused-ring (bicyclic) bond motifs is 1. The van der Waals surface area contributed by atoms with Crippen molar-refractivity contribution in [3.8, 4) is 0 Å². The molecular formula is C19H24N2. The Balaban J connectivity index is 1.80. The fourth-order valence-electron chi connectivity index (χ4n) is 3.04. The quantitative estimate of drug-likeness (QED) is 0.851. The topological polar surface area (TPSA) is 29.3 Å². The highest BCUT2D eigenvalue weighted by atomic mass is 15.1. The first-order valence-electron chi connectivity index (χ1n) is 7.77. The van der Waals surface area contributed by atoms with Crippen LogP contribution in [0.25, 0.3) is 0 Å². The first-order chi connectivity index (χ1) is 10.0. The third kappa shape index (κ3) is 2.76. The summed E-state index contributed by atoms with van der Waals surface area (Å²) in [5.74, 6) is 0.592. The molecule has 2 nitrogen and oxygen atoms in total. The molecule has 0 amide bonds. The van der Waals surface area contributed by atoms with E-state index < -0.39 is 0 Å². The van der Waals surface area contributed by atoms with E-state index in [9.17, 15) is 0 Å². The lowest BCUT2D eigenvalue weighted by molar-refractivity contribution is 0.830. The van der Waals surface area contributed by atoms with Gasteiger partial charge in [-0.15, -0.1) is 0 Å². The maximum Gasteiger partial charge on any atom is 0.0429 e. The second-order valence-electron chi connectivity index (χ2n) is 6.41. The number of hydrogen-bond donors (Lipinski definition) is 1. The van der Waals surface area contributed by atoms with E-state index in [0.717, 1.165) is 25.2 Å². The molecule has 0 aromatic heterocycles. The van der Waals surface area contributed by atoms with Gasteiger partial charge in [0.2, 0.25) is 0 Å². The van der Waals surface area contributed by atoms with Crippen LogP contribution in [0.5, 0.6) is 0 Å². The summed E-state index contributed by atoms with van der Waals surface area (Å²) in [6.45, 7) is 8.61. The highest BCUT2D eigenvalue weighted by molar-refractivity contribution is 5.67. The third-order valence-corrected chi connectivity index (χ3v) is 4.48. The van der Waals surface area contributed by atoms with Crippen molar-refractivity contribution >= 4 is 11.4 Å². The van der Waals surface area contributed by atoms with Gasteiger partial charge >= 0.3 is 0 Å². The lowest BCUT2D eigenvalue weighted by Gasteiger charge is -2.20. The van der Waals surface area contributed by atoms with E-state index in [0.29, 0.717) is 5.92 Å². The number of nitrogens with zero attached hydrogens (tertiary/aromatic N) is 1. The number of nitrogen functional groups attached to an aromatic ring is 1. The van der Waals surface area contributed by atoms with E-state index in [1.165, 1.54) is 27.9 Å². The van der Waals surface area contributed by atoms with Gasteiger partial charge in [-0.1, -0.05) is 44.2 Å². The molecule has 2 heteroatoms. The van der Waals surface area contributed by atoms with Crippen LogP contribution >= 0.6 is 0 Å². The lowest BCUT2D eigenvalue weighted by Crippen LogP contribution is -2.19. The van der Waals surface area contributed by atoms with Crippen molar-refractivity contribution in [3.05, 3.63) is 58.7 Å². The molecular weight excluding hydrogens is 256 g/mol. The molecule has 2 aromatic carbocycles. The average molecular weight is 280 g/mol. The Morgan fingerprint density at radius 2 is 1.86 bits per heavy atom. The van der Waals surface area contributed by atoms with Gasteiger partial charge in [0.1, 0.15) is 0 Å². The molecule has 0 saturated heterocycles. The number of nitrogens with two attached hydrogens (primary N) is 1. The minimum absolute atomic E-state index is 0.592. The molecule has 21 heavy (non-hydrogen) atoms. The van der Waals surface area contributed by atoms with Gasteiger partial charge < -0.3 is 10.6 Å². The molecule has 0 radical (unpaired) electrons. The van der Waals surface area contributed by atoms with Gasteiger partial charge in [0, 0.05) is 24.5 Å². The standard InChI is InChI=1S/C19H24N2/c1-13(2)16-6-4-15(5-7-16)12-21-9-8-17-10-14(3)18(20)11-19(17)21/h4-7,10-11,13H,8-9,12,20H2,1-3H3. The molecule has 1 heterocycles. The summed E-state index contributed by atoms with van der Waals surface area (Å²) < 4.78 is 0. The molecule has 0 aliphatic carbocycles. The molecule has 1 aliphatic rings. The SMILES string of the molecule is Cc1cc2c(cc1N)N(Cc1ccc(C(C)C)cc1)CC2. The van der Waals surface area contributed by atoms with E-state index in [-0.39, 0.29) is 0 Å². The fourth-order valence-corrected chi connectivity index (χ4v) is 3.04. The van der Waals surface area contributed by atoms with Crippen LogP contribution in [-0.4, -0.2) is 6.54 Å². The van der Waals surface area contributed by atoms with Gasteiger partial charge in [0.25, 0.3) is 0 Å². The van der Waals surface area contributed by atoms with Crippen molar-refractivity contribution < 1.29 is 0 Å². The third-order valence-electron chi connectivity index (χ3n) is 4.48. The Morgan fingerprint density at radius 1 is 1.14 bits per heavy atom. The Kier molecular flexibility index (Phi) is 3.62. The van der Waals surface area contributed by atoms with Crippen LogP contribution in [0, 0.1) is 6.92 Å². The first-order valence-corrected chi connectivity index (χ1v) is 7.77. The molecule has 0 atom stereocenters. The summed E-state index contributed by atoms with van der Waals surface area (Å²) in [7, 11) is 0. The monoisotopic (exact) mass is 280 g/mol. The summed E-state index contributed by atoms with van der Waals surface area (Å²) in [5.41, 5.74) is 13.7. The number of hydrogen-bond acceptors (Lipinski definition) is 2. The van der Waals surface area contributed by atoms with Crippen LogP contribution in [0.3, 0.4) is 0 Å². The summed E-state index contributed by atoms with van der Waals surface area (Å²) >= 11 is 0. The second kappa shape index (κ2) is 5.44. The minimum atomic E-state index is 0.592. The van der Waals surface area contributed by atoms with E-state index in [2.05, 4.69) is 62.1 Å². The highest BCUT2D eigenvalue weighted by Crippen LogP contribution is 2.33. The molecule has 3 rings (SSSR count). The molecule has 0 bridgehead atoms. The predicted molar refractivity (Wildman–Crippen MR) is 90.9 cm³/mol. The average Bonchev–Trinajstić information content (AvgIpc) is 2.82. The molecule has 0 unspecified atom stereocenters. The second-order valence-corrected chi connectivity index (χ2v) is 6.41. The number of anilines is 2. The number of aryl methyl sites for hydroxylation is 1. The Labute approximate surface area is 127 Å². The van der Waals surface area contributed by atoms with Crippen LogP contribution in [-0.2, 0) is 13.0 Å². The van der Waals surface area contributed by atoms with Crippen molar-refractivity contribution in [2.45, 2.75) is 39.7 Å². The van der Waals surface area contributed by atoms with Crippen LogP contribution < -0.4 is 10.6 Å². The summed E-state index contributed by atoms with van der Waals surface area (Å²) in [4.78, 5) is 2.44. The van der Waals surface area contributed by atoms with Crippen molar-refractivity contribution in [2.75, 3.05) is 17.2 Å². The molecule has 2 aromatic rings. The summed E-state index contributed by atoms with van der Waals surface area (Å²) in [5, 5.41) is 0. The van der Waals surface area contributed by atoms with E-state index in [1.807, 2.05) is 0 Å². The molecule has 0 saturated carbocycles. The Morgan fingerprint density at radius 3 is 2.52 bits per heavy atom. The van der Waals surface area contributed by atoms with Gasteiger partial charge in [0.15, 0.2) is 0 Å². The smallest absolute Gasteiger partial charge is 0.0429 e. The maximum absolute atomic E-state index is 6.07. The zero-order valence-corrected chi connectivity index (χ0v) is 13.2. The summed E-state index contributed by atoms with van der Waals surface area (Å²) in [6, 6.07) is 13.4. The van der Waals surface area contributed by atoms with Crippen molar-refractivity contribution in [2.24, 2.45) is 0 Å². The summed E-state index contributed by atoms with van der Waals surface area (Å²) in [6.07, 6.45) is 1.13. The van der Waals surface area contributed by atoms with Crippen molar-refractivity contribution in [1.82, 2.24) is 0 Å². The predicted octanol–water partition coefficient (Wildman–Crippen LogP) is 4.26. The van der Waals surface area contributed by atoms with E-state index in [1.54, 1.807) is 0 Å². The molecule has 0 spiro atoms. The van der Waals surface area contributed by atoms with Gasteiger partial charge in [-0.25, -0.2) is 0 Å². The molecule has 2 N–H and O–H groups in total. The zero-order chi connectivity index (χ0) is 15.0. The normalized spacial score (nSPS) is 13.8. The number of benzene rings is 2. The lowest BCUT2D eigenvalue weighted by atomic mass is 10.0. The Hall–Kier alpha value is -1.96. The zero-order valence-electron chi connectivity index (χ0n) is 13.2. The number of rotatable bonds is 3. The van der Waals surface area contributed by atoms with Crippen LogP contribution in [0.4, 0.5) is 11.4 Å². The van der Waals surface area contributed by atoms with Gasteiger partial charge in [0.05, 0.1) is 0 Å². The van der Waals surface area contributed by atoms with E-state index in [4.69, 9.17) is 5.73 Å². The fraction of sp³-hybridized carbons (Fsp3) is 0.368. The Bertz CT molecular complexity index is 641.